The van der Waals surface area contributed by atoms with Crippen molar-refractivity contribution < 1.29 is 9.47 Å². The van der Waals surface area contributed by atoms with E-state index in [0.29, 0.717) is 22.7 Å². The minimum atomic E-state index is 0.313. The molecule has 0 radical (unpaired) electrons. The average molecular weight is 266 g/mol. The Morgan fingerprint density at radius 2 is 1.70 bits per heavy atom. The van der Waals surface area contributed by atoms with Crippen LogP contribution < -0.4 is 9.47 Å². The monoisotopic (exact) mass is 266 g/mol. The molecule has 100 valence electrons. The summed E-state index contributed by atoms with van der Waals surface area (Å²) in [6.45, 7) is 0. The molecule has 4 heteroatoms. The fourth-order valence-electron chi connectivity index (χ4n) is 1.77. The van der Waals surface area contributed by atoms with Crippen LogP contribution in [0.4, 0.5) is 5.69 Å². The summed E-state index contributed by atoms with van der Waals surface area (Å²) >= 11 is 0. The van der Waals surface area contributed by atoms with Crippen LogP contribution in [-0.2, 0) is 0 Å². The van der Waals surface area contributed by atoms with Crippen LogP contribution in [-0.4, -0.2) is 19.9 Å². The first-order valence-corrected chi connectivity index (χ1v) is 6.04. The first-order chi connectivity index (χ1) is 9.78. The van der Waals surface area contributed by atoms with E-state index in [1.807, 2.05) is 18.2 Å². The van der Waals surface area contributed by atoms with Crippen molar-refractivity contribution in [2.45, 2.75) is 0 Å². The van der Waals surface area contributed by atoms with E-state index in [1.165, 1.54) is 0 Å². The summed E-state index contributed by atoms with van der Waals surface area (Å²) < 4.78 is 10.3. The van der Waals surface area contributed by atoms with Crippen molar-refractivity contribution in [3.63, 3.8) is 0 Å². The molecule has 0 saturated carbocycles. The van der Waals surface area contributed by atoms with Crippen LogP contribution in [0.15, 0.2) is 53.5 Å². The van der Waals surface area contributed by atoms with Crippen molar-refractivity contribution in [1.29, 1.82) is 5.26 Å². The number of benzene rings is 2. The number of para-hydroxylation sites is 1. The zero-order valence-electron chi connectivity index (χ0n) is 11.3. The highest BCUT2D eigenvalue weighted by molar-refractivity contribution is 6.14. The summed E-state index contributed by atoms with van der Waals surface area (Å²) in [7, 11) is 3.18. The van der Waals surface area contributed by atoms with Gasteiger partial charge in [0.05, 0.1) is 25.5 Å². The Bertz CT molecular complexity index is 655. The molecule has 0 unspecified atom stereocenters. The Labute approximate surface area is 117 Å². The van der Waals surface area contributed by atoms with Gasteiger partial charge in [-0.05, 0) is 36.4 Å². The van der Waals surface area contributed by atoms with Gasteiger partial charge in [-0.2, -0.15) is 5.26 Å². The highest BCUT2D eigenvalue weighted by Crippen LogP contribution is 2.22. The number of hydrogen-bond donors (Lipinski definition) is 0. The fraction of sp³-hybridized carbons (Fsp3) is 0.125. The lowest BCUT2D eigenvalue weighted by molar-refractivity contribution is 0.414. The summed E-state index contributed by atoms with van der Waals surface area (Å²) in [5, 5.41) is 9.30. The molecule has 0 saturated heterocycles. The largest absolute Gasteiger partial charge is 0.497 e. The predicted octanol–water partition coefficient (Wildman–Crippen LogP) is 3.35. The molecule has 20 heavy (non-hydrogen) atoms. The lowest BCUT2D eigenvalue weighted by Gasteiger charge is -2.06. The van der Waals surface area contributed by atoms with Crippen molar-refractivity contribution in [1.82, 2.24) is 0 Å². The Hall–Kier alpha value is -2.80. The van der Waals surface area contributed by atoms with Gasteiger partial charge in [-0.1, -0.05) is 12.1 Å². The Balaban J connectivity index is 2.41. The topological polar surface area (TPSA) is 54.6 Å². The van der Waals surface area contributed by atoms with Gasteiger partial charge in [0, 0.05) is 0 Å². The molecular formula is C16H14N2O2. The first kappa shape index (κ1) is 13.6. The van der Waals surface area contributed by atoms with Gasteiger partial charge in [-0.15, -0.1) is 0 Å². The molecule has 0 heterocycles. The number of nitriles is 1. The lowest BCUT2D eigenvalue weighted by atomic mass is 10.1. The van der Waals surface area contributed by atoms with Crippen molar-refractivity contribution >= 4 is 11.4 Å². The highest BCUT2D eigenvalue weighted by atomic mass is 16.5. The highest BCUT2D eigenvalue weighted by Gasteiger charge is 2.09. The van der Waals surface area contributed by atoms with Gasteiger partial charge in [-0.25, -0.2) is 4.99 Å². The lowest BCUT2D eigenvalue weighted by Crippen LogP contribution is -2.00. The van der Waals surface area contributed by atoms with Crippen LogP contribution in [0.3, 0.4) is 0 Å². The van der Waals surface area contributed by atoms with Gasteiger partial charge in [0.25, 0.3) is 0 Å². The summed E-state index contributed by atoms with van der Waals surface area (Å²) in [6.07, 6.45) is 0. The van der Waals surface area contributed by atoms with Crippen LogP contribution in [0.5, 0.6) is 11.5 Å². The number of methoxy groups -OCH3 is 2. The summed E-state index contributed by atoms with van der Waals surface area (Å²) in [5.74, 6) is 1.38. The molecule has 0 fully saturated rings. The molecule has 0 atom stereocenters. The third-order valence-electron chi connectivity index (χ3n) is 2.78. The number of ether oxygens (including phenoxy) is 2. The SMILES string of the molecule is COc1ccc(/N=C(\C#N)c2ccccc2OC)cc1. The molecule has 2 rings (SSSR count). The number of rotatable bonds is 4. The number of aliphatic imine (C=N–C) groups is 1. The minimum Gasteiger partial charge on any atom is -0.497 e. The fourth-order valence-corrected chi connectivity index (χ4v) is 1.77. The normalized spacial score (nSPS) is 10.8. The van der Waals surface area contributed by atoms with E-state index in [2.05, 4.69) is 11.1 Å². The van der Waals surface area contributed by atoms with Crippen molar-refractivity contribution in [2.24, 2.45) is 4.99 Å². The van der Waals surface area contributed by atoms with Crippen molar-refractivity contribution in [3.8, 4) is 17.6 Å². The van der Waals surface area contributed by atoms with E-state index in [0.717, 1.165) is 5.75 Å². The second-order valence-electron chi connectivity index (χ2n) is 3.97. The summed E-state index contributed by atoms with van der Waals surface area (Å²) in [4.78, 5) is 4.35. The maximum Gasteiger partial charge on any atom is 0.152 e. The summed E-state index contributed by atoms with van der Waals surface area (Å²) in [6, 6.07) is 16.6. The van der Waals surface area contributed by atoms with Gasteiger partial charge in [0.1, 0.15) is 17.6 Å². The second-order valence-corrected chi connectivity index (χ2v) is 3.97. The van der Waals surface area contributed by atoms with E-state index in [9.17, 15) is 5.26 Å². The van der Waals surface area contributed by atoms with Gasteiger partial charge >= 0.3 is 0 Å². The zero-order chi connectivity index (χ0) is 14.4. The minimum absolute atomic E-state index is 0.313. The molecule has 0 aliphatic rings. The van der Waals surface area contributed by atoms with Crippen LogP contribution in [0, 0.1) is 11.3 Å². The number of nitrogens with zero attached hydrogens (tertiary/aromatic N) is 2. The Morgan fingerprint density at radius 1 is 1.00 bits per heavy atom. The first-order valence-electron chi connectivity index (χ1n) is 6.04. The molecule has 0 spiro atoms. The van der Waals surface area contributed by atoms with E-state index < -0.39 is 0 Å². The second kappa shape index (κ2) is 6.39. The molecule has 0 aliphatic carbocycles. The molecule has 0 N–H and O–H groups in total. The van der Waals surface area contributed by atoms with E-state index in [1.54, 1.807) is 44.6 Å². The summed E-state index contributed by atoms with van der Waals surface area (Å²) in [5.41, 5.74) is 1.68. The molecule has 2 aromatic rings. The maximum atomic E-state index is 9.30. The maximum absolute atomic E-state index is 9.30. The average Bonchev–Trinajstić information content (AvgIpc) is 2.53. The molecule has 4 nitrogen and oxygen atoms in total. The molecular weight excluding hydrogens is 252 g/mol. The number of hydrogen-bond acceptors (Lipinski definition) is 4. The third kappa shape index (κ3) is 2.96. The Kier molecular flexibility index (Phi) is 4.35. The molecule has 0 bridgehead atoms. The predicted molar refractivity (Wildman–Crippen MR) is 77.8 cm³/mol. The van der Waals surface area contributed by atoms with Gasteiger partial charge in [-0.3, -0.25) is 0 Å². The zero-order valence-corrected chi connectivity index (χ0v) is 11.3. The van der Waals surface area contributed by atoms with Crippen molar-refractivity contribution in [2.75, 3.05) is 14.2 Å². The van der Waals surface area contributed by atoms with E-state index >= 15 is 0 Å². The van der Waals surface area contributed by atoms with Gasteiger partial charge < -0.3 is 9.47 Å². The quantitative estimate of drug-likeness (QED) is 0.797. The smallest absolute Gasteiger partial charge is 0.152 e. The van der Waals surface area contributed by atoms with Crippen molar-refractivity contribution in [3.05, 3.63) is 54.1 Å². The van der Waals surface area contributed by atoms with Crippen LogP contribution in [0.25, 0.3) is 0 Å². The standard InChI is InChI=1S/C16H14N2O2/c1-19-13-9-7-12(8-10-13)18-15(11-17)14-5-3-4-6-16(14)20-2/h3-10H,1-2H3/b18-15+. The van der Waals surface area contributed by atoms with E-state index in [-0.39, 0.29) is 0 Å². The van der Waals surface area contributed by atoms with Gasteiger partial charge in [0.15, 0.2) is 5.71 Å². The van der Waals surface area contributed by atoms with E-state index in [4.69, 9.17) is 9.47 Å². The van der Waals surface area contributed by atoms with Crippen LogP contribution in [0.2, 0.25) is 0 Å². The molecule has 0 aliphatic heterocycles. The Morgan fingerprint density at radius 3 is 2.30 bits per heavy atom. The molecule has 0 aromatic heterocycles. The third-order valence-corrected chi connectivity index (χ3v) is 2.78. The van der Waals surface area contributed by atoms with Crippen LogP contribution >= 0.6 is 0 Å². The van der Waals surface area contributed by atoms with Gasteiger partial charge in [0.2, 0.25) is 0 Å². The van der Waals surface area contributed by atoms with Crippen LogP contribution in [0.1, 0.15) is 5.56 Å². The molecule has 0 amide bonds. The molecule has 2 aromatic carbocycles.